The van der Waals surface area contributed by atoms with E-state index in [1.165, 1.54) is 12.8 Å². The molecule has 2 aliphatic heterocycles. The van der Waals surface area contributed by atoms with Crippen LogP contribution in [0.15, 0.2) is 35.8 Å². The summed E-state index contributed by atoms with van der Waals surface area (Å²) in [5.74, 6) is 1.34. The van der Waals surface area contributed by atoms with Crippen molar-refractivity contribution in [2.45, 2.75) is 51.5 Å². The average Bonchev–Trinajstić information content (AvgIpc) is 3.60. The fraction of sp³-hybridized carbons (Fsp3) is 0.567. The van der Waals surface area contributed by atoms with Crippen molar-refractivity contribution in [3.05, 3.63) is 46.5 Å². The largest absolute Gasteiger partial charge is 0.494 e. The Morgan fingerprint density at radius 1 is 1.08 bits per heavy atom. The molecule has 2 saturated heterocycles. The highest BCUT2D eigenvalue weighted by Crippen LogP contribution is 2.36. The Balaban J connectivity index is 1.32. The Bertz CT molecular complexity index is 1240. The topological polar surface area (TPSA) is 73.8 Å². The van der Waals surface area contributed by atoms with Gasteiger partial charge in [-0.2, -0.15) is 0 Å². The van der Waals surface area contributed by atoms with Gasteiger partial charge in [0, 0.05) is 68.6 Å². The van der Waals surface area contributed by atoms with Crippen molar-refractivity contribution in [1.29, 1.82) is 0 Å². The van der Waals surface area contributed by atoms with Crippen molar-refractivity contribution in [3.8, 4) is 5.75 Å². The molecule has 2 fully saturated rings. The molecule has 5 rings (SSSR count). The number of carbonyl (C=O) groups is 1. The summed E-state index contributed by atoms with van der Waals surface area (Å²) in [6.45, 7) is 11.8. The van der Waals surface area contributed by atoms with Gasteiger partial charge in [0.15, 0.2) is 0 Å². The van der Waals surface area contributed by atoms with Crippen LogP contribution in [0.5, 0.6) is 5.75 Å². The van der Waals surface area contributed by atoms with Crippen LogP contribution in [0.3, 0.4) is 0 Å². The Morgan fingerprint density at radius 2 is 1.92 bits per heavy atom. The third-order valence-corrected chi connectivity index (χ3v) is 9.08. The molecule has 1 aromatic carbocycles. The number of hydrogen-bond donors (Lipinski definition) is 1. The minimum Gasteiger partial charge on any atom is -0.494 e. The number of rotatable bonds is 10. The lowest BCUT2D eigenvalue weighted by Crippen LogP contribution is -2.38. The third kappa shape index (κ3) is 6.70. The van der Waals surface area contributed by atoms with Gasteiger partial charge in [-0.05, 0) is 50.6 Å². The zero-order chi connectivity index (χ0) is 27.2. The number of likely N-dealkylation sites (tertiary alicyclic amines) is 1. The first kappa shape index (κ1) is 27.8. The van der Waals surface area contributed by atoms with Gasteiger partial charge in [-0.3, -0.25) is 14.7 Å². The summed E-state index contributed by atoms with van der Waals surface area (Å²) >= 11 is 1.71. The minimum absolute atomic E-state index is 0.0342. The molecule has 1 N–H and O–H groups in total. The molecule has 1 unspecified atom stereocenters. The molecule has 0 saturated carbocycles. The summed E-state index contributed by atoms with van der Waals surface area (Å²) in [5.41, 5.74) is 3.06. The van der Waals surface area contributed by atoms with E-state index in [1.807, 2.05) is 18.3 Å². The molecule has 8 nitrogen and oxygen atoms in total. The van der Waals surface area contributed by atoms with Gasteiger partial charge in [0.2, 0.25) is 5.91 Å². The normalized spacial score (nSPS) is 18.0. The number of pyridine rings is 1. The lowest BCUT2D eigenvalue weighted by molar-refractivity contribution is -0.122. The minimum atomic E-state index is -0.0342. The van der Waals surface area contributed by atoms with Crippen LogP contribution < -0.4 is 15.0 Å². The van der Waals surface area contributed by atoms with Gasteiger partial charge in [0.25, 0.3) is 0 Å². The number of benzene rings is 1. The first-order valence-corrected chi connectivity index (χ1v) is 15.3. The van der Waals surface area contributed by atoms with Crippen LogP contribution >= 0.6 is 11.3 Å². The molecule has 1 amide bonds. The van der Waals surface area contributed by atoms with Gasteiger partial charge < -0.3 is 19.9 Å². The van der Waals surface area contributed by atoms with Crippen LogP contribution in [-0.2, 0) is 4.79 Å². The number of ether oxygens (including phenoxy) is 1. The molecule has 1 atom stereocenters. The lowest BCUT2D eigenvalue weighted by Gasteiger charge is -2.30. The highest BCUT2D eigenvalue weighted by Gasteiger charge is 2.29. The van der Waals surface area contributed by atoms with Gasteiger partial charge in [-0.15, -0.1) is 11.3 Å². The molecule has 4 heterocycles. The number of fused-ring (bicyclic) bond motifs is 1. The van der Waals surface area contributed by atoms with Crippen molar-refractivity contribution in [2.24, 2.45) is 0 Å². The predicted octanol–water partition coefficient (Wildman–Crippen LogP) is 4.68. The van der Waals surface area contributed by atoms with E-state index < -0.39 is 0 Å². The molecule has 0 spiro atoms. The number of nitrogens with zero attached hydrogens (tertiary/aromatic N) is 5. The van der Waals surface area contributed by atoms with E-state index in [2.05, 4.69) is 51.4 Å². The van der Waals surface area contributed by atoms with Gasteiger partial charge in [-0.1, -0.05) is 19.9 Å². The van der Waals surface area contributed by atoms with E-state index in [9.17, 15) is 4.79 Å². The monoisotopic (exact) mass is 550 g/mol. The maximum absolute atomic E-state index is 13.2. The second-order valence-electron chi connectivity index (χ2n) is 11.0. The second-order valence-corrected chi connectivity index (χ2v) is 11.8. The Labute approximate surface area is 236 Å². The molecule has 3 aromatic rings. The molecule has 2 aromatic heterocycles. The molecular weight excluding hydrogens is 508 g/mol. The van der Waals surface area contributed by atoms with Crippen LogP contribution in [0.1, 0.15) is 62.2 Å². The third-order valence-electron chi connectivity index (χ3n) is 7.92. The Morgan fingerprint density at radius 3 is 2.69 bits per heavy atom. The number of methoxy groups -OCH3 is 1. The number of amides is 1. The van der Waals surface area contributed by atoms with E-state index in [0.29, 0.717) is 18.9 Å². The zero-order valence-corrected chi connectivity index (χ0v) is 24.4. The van der Waals surface area contributed by atoms with Crippen LogP contribution in [0.2, 0.25) is 0 Å². The number of thiazole rings is 1. The van der Waals surface area contributed by atoms with Crippen molar-refractivity contribution in [3.63, 3.8) is 0 Å². The van der Waals surface area contributed by atoms with E-state index in [1.54, 1.807) is 18.4 Å². The zero-order valence-electron chi connectivity index (χ0n) is 23.6. The number of aromatic nitrogens is 2. The van der Waals surface area contributed by atoms with Gasteiger partial charge in [-0.25, -0.2) is 4.98 Å². The second kappa shape index (κ2) is 13.1. The first-order valence-electron chi connectivity index (χ1n) is 14.4. The van der Waals surface area contributed by atoms with Gasteiger partial charge in [0.1, 0.15) is 11.4 Å². The molecule has 39 heavy (non-hydrogen) atoms. The molecule has 210 valence electrons. The smallest absolute Gasteiger partial charge is 0.222 e. The summed E-state index contributed by atoms with van der Waals surface area (Å²) < 4.78 is 5.78. The Kier molecular flexibility index (Phi) is 9.32. The van der Waals surface area contributed by atoms with E-state index in [0.717, 1.165) is 85.3 Å². The fourth-order valence-electron chi connectivity index (χ4n) is 5.80. The van der Waals surface area contributed by atoms with Crippen molar-refractivity contribution in [2.75, 3.05) is 64.4 Å². The van der Waals surface area contributed by atoms with Crippen molar-refractivity contribution < 1.29 is 9.53 Å². The summed E-state index contributed by atoms with van der Waals surface area (Å²) in [6.07, 6.45) is 5.80. The molecule has 0 radical (unpaired) electrons. The SMILES string of the molecule is COc1ccc2cccnc2c1N1CCCN(C(CC(=O)NCCN2CCCC2)c2csc(C(C)C)n2)CC1. The average molecular weight is 551 g/mol. The van der Waals surface area contributed by atoms with Gasteiger partial charge in [0.05, 0.1) is 29.4 Å². The molecule has 2 aliphatic rings. The van der Waals surface area contributed by atoms with Crippen LogP contribution in [-0.4, -0.2) is 85.1 Å². The molecule has 0 bridgehead atoms. The Hall–Kier alpha value is -2.75. The summed E-state index contributed by atoms with van der Waals surface area (Å²) in [5, 5.41) is 7.61. The highest BCUT2D eigenvalue weighted by atomic mass is 32.1. The van der Waals surface area contributed by atoms with E-state index >= 15 is 0 Å². The lowest BCUT2D eigenvalue weighted by atomic mass is 10.1. The number of anilines is 1. The highest BCUT2D eigenvalue weighted by molar-refractivity contribution is 7.09. The van der Waals surface area contributed by atoms with Crippen molar-refractivity contribution >= 4 is 33.8 Å². The first-order chi connectivity index (χ1) is 19.0. The molecular formula is C30H42N6O2S. The number of nitrogens with one attached hydrogen (secondary N) is 1. The van der Waals surface area contributed by atoms with Crippen LogP contribution in [0.4, 0.5) is 5.69 Å². The standard InChI is InChI=1S/C30H42N6O2S/c1-22(2)30-33-24(21-39-30)25(20-27(37)31-12-17-34-13-4-5-14-34)35-15-7-16-36(19-18-35)29-26(38-3)10-9-23-8-6-11-32-28(23)29/h6,8-11,21-22,25H,4-5,7,12-20H2,1-3H3,(H,31,37). The van der Waals surface area contributed by atoms with Crippen LogP contribution in [0.25, 0.3) is 10.9 Å². The molecule has 9 heteroatoms. The predicted molar refractivity (Wildman–Crippen MR) is 159 cm³/mol. The maximum Gasteiger partial charge on any atom is 0.222 e. The quantitative estimate of drug-likeness (QED) is 0.393. The van der Waals surface area contributed by atoms with E-state index in [4.69, 9.17) is 14.7 Å². The summed E-state index contributed by atoms with van der Waals surface area (Å²) in [6, 6.07) is 8.15. The van der Waals surface area contributed by atoms with Gasteiger partial charge >= 0.3 is 0 Å². The number of hydrogen-bond acceptors (Lipinski definition) is 8. The molecule has 0 aliphatic carbocycles. The summed E-state index contributed by atoms with van der Waals surface area (Å²) in [4.78, 5) is 30.2. The fourth-order valence-corrected chi connectivity index (χ4v) is 6.68. The maximum atomic E-state index is 13.2. The van der Waals surface area contributed by atoms with Crippen molar-refractivity contribution in [1.82, 2.24) is 25.1 Å². The van der Waals surface area contributed by atoms with E-state index in [-0.39, 0.29) is 11.9 Å². The van der Waals surface area contributed by atoms with Crippen LogP contribution in [0, 0.1) is 0 Å². The number of carbonyl (C=O) groups excluding carboxylic acids is 1. The summed E-state index contributed by atoms with van der Waals surface area (Å²) in [7, 11) is 1.73.